The zero-order chi connectivity index (χ0) is 18.5. The molecule has 1 fully saturated rings. The molecule has 0 aliphatic carbocycles. The maximum atomic E-state index is 9.57. The lowest BCUT2D eigenvalue weighted by atomic mass is 10.1. The van der Waals surface area contributed by atoms with Gasteiger partial charge < -0.3 is 4.90 Å². The van der Waals surface area contributed by atoms with E-state index in [9.17, 15) is 5.26 Å². The summed E-state index contributed by atoms with van der Waals surface area (Å²) in [6.45, 7) is 6.52. The number of nitriles is 1. The molecular formula is C20H26N6. The van der Waals surface area contributed by atoms with Crippen LogP contribution in [0.4, 0.5) is 5.82 Å². The van der Waals surface area contributed by atoms with Crippen LogP contribution in [0.2, 0.25) is 0 Å². The zero-order valence-corrected chi connectivity index (χ0v) is 15.8. The van der Waals surface area contributed by atoms with Crippen molar-refractivity contribution in [3.05, 3.63) is 46.9 Å². The number of rotatable bonds is 4. The molecule has 0 spiro atoms. The maximum Gasteiger partial charge on any atom is 0.169 e. The van der Waals surface area contributed by atoms with Crippen LogP contribution in [-0.4, -0.2) is 46.3 Å². The van der Waals surface area contributed by atoms with Crippen LogP contribution in [-0.2, 0) is 6.54 Å². The molecular weight excluding hydrogens is 324 g/mol. The first kappa shape index (κ1) is 18.3. The number of hydrogen-bond acceptors (Lipinski definition) is 6. The third-order valence-electron chi connectivity index (χ3n) is 5.31. The first-order chi connectivity index (χ1) is 12.6. The standard InChI is InChI=1S/C20H26N6/c1-15-16(2)23-24-20(19(15)13-21)26-11-6-8-18(9-12-26)25(3)14-17-7-4-5-10-22-17/h4-5,7,10,18H,6,8-9,11-12,14H2,1-3H3/t18-/m1/s1. The van der Waals surface area contributed by atoms with Gasteiger partial charge >= 0.3 is 0 Å². The zero-order valence-electron chi connectivity index (χ0n) is 15.8. The average molecular weight is 350 g/mol. The summed E-state index contributed by atoms with van der Waals surface area (Å²) in [6.07, 6.45) is 5.11. The summed E-state index contributed by atoms with van der Waals surface area (Å²) in [5.41, 5.74) is 3.53. The van der Waals surface area contributed by atoms with Gasteiger partial charge in [0.15, 0.2) is 5.82 Å². The number of aryl methyl sites for hydroxylation is 1. The van der Waals surface area contributed by atoms with Crippen molar-refractivity contribution < 1.29 is 0 Å². The molecule has 1 saturated heterocycles. The molecule has 1 atom stereocenters. The first-order valence-electron chi connectivity index (χ1n) is 9.19. The molecule has 0 aromatic carbocycles. The van der Waals surface area contributed by atoms with Crippen LogP contribution in [0, 0.1) is 25.2 Å². The van der Waals surface area contributed by atoms with Crippen LogP contribution < -0.4 is 4.90 Å². The Balaban J connectivity index is 1.69. The van der Waals surface area contributed by atoms with Crippen LogP contribution >= 0.6 is 0 Å². The van der Waals surface area contributed by atoms with E-state index in [1.807, 2.05) is 32.2 Å². The highest BCUT2D eigenvalue weighted by atomic mass is 15.3. The van der Waals surface area contributed by atoms with E-state index < -0.39 is 0 Å². The quantitative estimate of drug-likeness (QED) is 0.844. The van der Waals surface area contributed by atoms with Crippen molar-refractivity contribution in [3.63, 3.8) is 0 Å². The molecule has 0 N–H and O–H groups in total. The minimum absolute atomic E-state index is 0.507. The van der Waals surface area contributed by atoms with Gasteiger partial charge in [-0.1, -0.05) is 6.07 Å². The summed E-state index contributed by atoms with van der Waals surface area (Å²) in [5, 5.41) is 18.2. The Hall–Kier alpha value is -2.52. The fraction of sp³-hybridized carbons (Fsp3) is 0.500. The number of aromatic nitrogens is 3. The number of hydrogen-bond donors (Lipinski definition) is 0. The van der Waals surface area contributed by atoms with Gasteiger partial charge in [-0.15, -0.1) is 5.10 Å². The molecule has 2 aromatic rings. The van der Waals surface area contributed by atoms with Gasteiger partial charge in [-0.05, 0) is 57.9 Å². The fourth-order valence-electron chi connectivity index (χ4n) is 3.56. The minimum Gasteiger partial charge on any atom is -0.354 e. The van der Waals surface area contributed by atoms with Crippen molar-refractivity contribution >= 4 is 5.82 Å². The summed E-state index contributed by atoms with van der Waals surface area (Å²) in [5.74, 6) is 0.739. The first-order valence-corrected chi connectivity index (χ1v) is 9.19. The van der Waals surface area contributed by atoms with Gasteiger partial charge in [0.05, 0.1) is 11.4 Å². The van der Waals surface area contributed by atoms with Crippen molar-refractivity contribution in [2.45, 2.75) is 45.7 Å². The van der Waals surface area contributed by atoms with Crippen LogP contribution in [0.1, 0.15) is 41.8 Å². The Kier molecular flexibility index (Phi) is 5.79. The van der Waals surface area contributed by atoms with E-state index in [4.69, 9.17) is 0 Å². The molecule has 0 saturated carbocycles. The maximum absolute atomic E-state index is 9.57. The third-order valence-corrected chi connectivity index (χ3v) is 5.31. The van der Waals surface area contributed by atoms with E-state index in [1.165, 1.54) is 0 Å². The highest BCUT2D eigenvalue weighted by molar-refractivity contribution is 5.57. The molecule has 0 radical (unpaired) electrons. The molecule has 0 bridgehead atoms. The van der Waals surface area contributed by atoms with Gasteiger partial charge in [-0.2, -0.15) is 10.4 Å². The lowest BCUT2D eigenvalue weighted by molar-refractivity contribution is 0.215. The minimum atomic E-state index is 0.507. The van der Waals surface area contributed by atoms with Gasteiger partial charge in [0.1, 0.15) is 11.6 Å². The van der Waals surface area contributed by atoms with Gasteiger partial charge in [0.25, 0.3) is 0 Å². The summed E-state index contributed by atoms with van der Waals surface area (Å²) in [7, 11) is 2.17. The van der Waals surface area contributed by atoms with Gasteiger partial charge in [-0.3, -0.25) is 9.88 Å². The van der Waals surface area contributed by atoms with Crippen LogP contribution in [0.25, 0.3) is 0 Å². The Labute approximate surface area is 155 Å². The van der Waals surface area contributed by atoms with E-state index >= 15 is 0 Å². The van der Waals surface area contributed by atoms with E-state index in [-0.39, 0.29) is 0 Å². The molecule has 1 aliphatic rings. The topological polar surface area (TPSA) is 68.9 Å². The van der Waals surface area contributed by atoms with Crippen molar-refractivity contribution in [2.24, 2.45) is 0 Å². The SMILES string of the molecule is Cc1nnc(N2CCC[C@@H](N(C)Cc3ccccn3)CC2)c(C#N)c1C. The summed E-state index contributed by atoms with van der Waals surface area (Å²) in [6, 6.07) is 8.89. The summed E-state index contributed by atoms with van der Waals surface area (Å²) >= 11 is 0. The third kappa shape index (κ3) is 4.00. The van der Waals surface area contributed by atoms with E-state index in [1.54, 1.807) is 0 Å². The fourth-order valence-corrected chi connectivity index (χ4v) is 3.56. The van der Waals surface area contributed by atoms with Crippen LogP contribution in [0.15, 0.2) is 24.4 Å². The number of nitrogens with zero attached hydrogens (tertiary/aromatic N) is 6. The molecule has 136 valence electrons. The molecule has 6 heteroatoms. The van der Waals surface area contributed by atoms with Gasteiger partial charge in [0, 0.05) is 31.9 Å². The Morgan fingerprint density at radius 2 is 2.08 bits per heavy atom. The lowest BCUT2D eigenvalue weighted by Crippen LogP contribution is -2.33. The normalized spacial score (nSPS) is 17.8. The molecule has 3 rings (SSSR count). The van der Waals surface area contributed by atoms with Crippen molar-refractivity contribution in [2.75, 3.05) is 25.0 Å². The Morgan fingerprint density at radius 1 is 1.23 bits per heavy atom. The molecule has 6 nitrogen and oxygen atoms in total. The molecule has 1 aliphatic heterocycles. The highest BCUT2D eigenvalue weighted by Gasteiger charge is 2.24. The second-order valence-corrected chi connectivity index (χ2v) is 7.03. The molecule has 2 aromatic heterocycles. The Morgan fingerprint density at radius 3 is 2.81 bits per heavy atom. The summed E-state index contributed by atoms with van der Waals surface area (Å²) < 4.78 is 0. The molecule has 0 amide bonds. The predicted molar refractivity (Wildman–Crippen MR) is 102 cm³/mol. The second kappa shape index (κ2) is 8.24. The van der Waals surface area contributed by atoms with E-state index in [2.05, 4.69) is 44.2 Å². The highest BCUT2D eigenvalue weighted by Crippen LogP contribution is 2.25. The lowest BCUT2D eigenvalue weighted by Gasteiger charge is -2.27. The molecule has 3 heterocycles. The average Bonchev–Trinajstić information content (AvgIpc) is 2.91. The number of pyridine rings is 1. The van der Waals surface area contributed by atoms with E-state index in [0.717, 1.165) is 61.7 Å². The molecule has 0 unspecified atom stereocenters. The number of anilines is 1. The van der Waals surface area contributed by atoms with Crippen molar-refractivity contribution in [3.8, 4) is 6.07 Å². The van der Waals surface area contributed by atoms with Gasteiger partial charge in [0.2, 0.25) is 0 Å². The molecule has 26 heavy (non-hydrogen) atoms. The van der Waals surface area contributed by atoms with Crippen LogP contribution in [0.5, 0.6) is 0 Å². The van der Waals surface area contributed by atoms with Crippen molar-refractivity contribution in [1.29, 1.82) is 5.26 Å². The summed E-state index contributed by atoms with van der Waals surface area (Å²) in [4.78, 5) is 9.05. The van der Waals surface area contributed by atoms with Gasteiger partial charge in [-0.25, -0.2) is 0 Å². The Bertz CT molecular complexity index is 783. The van der Waals surface area contributed by atoms with Crippen molar-refractivity contribution in [1.82, 2.24) is 20.1 Å². The monoisotopic (exact) mass is 350 g/mol. The smallest absolute Gasteiger partial charge is 0.169 e. The second-order valence-electron chi connectivity index (χ2n) is 7.03. The largest absolute Gasteiger partial charge is 0.354 e. The predicted octanol–water partition coefficient (Wildman–Crippen LogP) is 2.85. The van der Waals surface area contributed by atoms with Crippen LogP contribution in [0.3, 0.4) is 0 Å². The van der Waals surface area contributed by atoms with E-state index in [0.29, 0.717) is 11.6 Å².